The summed E-state index contributed by atoms with van der Waals surface area (Å²) in [6.45, 7) is 0.149. The second-order valence-electron chi connectivity index (χ2n) is 7.11. The third kappa shape index (κ3) is 2.97. The smallest absolute Gasteiger partial charge is 0.411 e. The molecule has 1 aromatic heterocycles. The maximum atomic E-state index is 12.5. The number of hydrogen-bond donors (Lipinski definition) is 3. The Balaban J connectivity index is 1.37. The molecule has 5 rings (SSSR count). The molecule has 0 saturated carbocycles. The van der Waals surface area contributed by atoms with Gasteiger partial charge in [-0.2, -0.15) is 5.10 Å². The predicted octanol–water partition coefficient (Wildman–Crippen LogP) is 4.62. The Labute approximate surface area is 171 Å². The minimum atomic E-state index is -1.15. The molecule has 4 aromatic rings. The van der Waals surface area contributed by atoms with E-state index in [-0.39, 0.29) is 23.8 Å². The van der Waals surface area contributed by atoms with Crippen molar-refractivity contribution in [2.75, 3.05) is 11.9 Å². The van der Waals surface area contributed by atoms with Gasteiger partial charge >= 0.3 is 12.1 Å². The van der Waals surface area contributed by atoms with Crippen LogP contribution in [0.5, 0.6) is 0 Å². The van der Waals surface area contributed by atoms with Crippen LogP contribution in [0.2, 0.25) is 0 Å². The molecule has 0 atom stereocenters. The number of fused-ring (bicyclic) bond motifs is 4. The Morgan fingerprint density at radius 3 is 2.37 bits per heavy atom. The highest BCUT2D eigenvalue weighted by molar-refractivity contribution is 6.03. The van der Waals surface area contributed by atoms with E-state index >= 15 is 0 Å². The van der Waals surface area contributed by atoms with Crippen molar-refractivity contribution in [3.63, 3.8) is 0 Å². The number of carboxylic acid groups (broad SMARTS) is 1. The van der Waals surface area contributed by atoms with Gasteiger partial charge in [0.25, 0.3) is 0 Å². The average molecular weight is 399 g/mol. The fraction of sp³-hybridized carbons (Fsp3) is 0.0870. The van der Waals surface area contributed by atoms with E-state index in [1.165, 1.54) is 6.07 Å². The van der Waals surface area contributed by atoms with Gasteiger partial charge < -0.3 is 9.84 Å². The number of aromatic amines is 1. The molecule has 7 heteroatoms. The molecule has 0 spiro atoms. The van der Waals surface area contributed by atoms with Gasteiger partial charge in [-0.25, -0.2) is 9.59 Å². The van der Waals surface area contributed by atoms with Crippen molar-refractivity contribution < 1.29 is 19.4 Å². The van der Waals surface area contributed by atoms with Crippen LogP contribution in [0.3, 0.4) is 0 Å². The van der Waals surface area contributed by atoms with Crippen molar-refractivity contribution >= 4 is 28.7 Å². The van der Waals surface area contributed by atoms with Gasteiger partial charge in [0.05, 0.1) is 23.0 Å². The zero-order valence-electron chi connectivity index (χ0n) is 15.8. The summed E-state index contributed by atoms with van der Waals surface area (Å²) in [7, 11) is 0. The van der Waals surface area contributed by atoms with E-state index in [1.807, 2.05) is 36.4 Å². The Hall–Kier alpha value is -4.13. The van der Waals surface area contributed by atoms with Crippen molar-refractivity contribution in [3.05, 3.63) is 83.6 Å². The van der Waals surface area contributed by atoms with Crippen molar-refractivity contribution in [2.24, 2.45) is 0 Å². The fourth-order valence-corrected chi connectivity index (χ4v) is 4.02. The zero-order valence-corrected chi connectivity index (χ0v) is 15.8. The lowest BCUT2D eigenvalue weighted by Crippen LogP contribution is -2.19. The second kappa shape index (κ2) is 7.04. The highest BCUT2D eigenvalue weighted by Crippen LogP contribution is 2.44. The molecule has 1 heterocycles. The first kappa shape index (κ1) is 17.9. The Morgan fingerprint density at radius 1 is 1.03 bits per heavy atom. The first-order chi connectivity index (χ1) is 14.6. The van der Waals surface area contributed by atoms with Crippen LogP contribution >= 0.6 is 0 Å². The molecule has 148 valence electrons. The van der Waals surface area contributed by atoms with Gasteiger partial charge in [-0.05, 0) is 34.4 Å². The van der Waals surface area contributed by atoms with E-state index < -0.39 is 12.1 Å². The van der Waals surface area contributed by atoms with E-state index in [1.54, 1.807) is 12.3 Å². The SMILES string of the molecule is O=C(Nc1cc2cn[nH]c2cc1C(=O)O)OCC1c2ccccc2-c2ccccc21. The van der Waals surface area contributed by atoms with Gasteiger partial charge in [-0.3, -0.25) is 10.4 Å². The van der Waals surface area contributed by atoms with E-state index in [2.05, 4.69) is 27.6 Å². The number of aromatic nitrogens is 2. The number of H-pyrrole nitrogens is 1. The summed E-state index contributed by atoms with van der Waals surface area (Å²) < 4.78 is 5.51. The number of anilines is 1. The minimum Gasteiger partial charge on any atom is -0.478 e. The van der Waals surface area contributed by atoms with Crippen molar-refractivity contribution in [3.8, 4) is 11.1 Å². The maximum Gasteiger partial charge on any atom is 0.411 e. The molecule has 0 radical (unpaired) electrons. The monoisotopic (exact) mass is 399 g/mol. The van der Waals surface area contributed by atoms with Crippen LogP contribution in [0.1, 0.15) is 27.4 Å². The third-order valence-electron chi connectivity index (χ3n) is 5.39. The Morgan fingerprint density at radius 2 is 1.70 bits per heavy atom. The molecule has 0 bridgehead atoms. The number of benzene rings is 3. The normalized spacial score (nSPS) is 12.4. The predicted molar refractivity (Wildman–Crippen MR) is 112 cm³/mol. The number of carbonyl (C=O) groups is 2. The molecule has 0 saturated heterocycles. The average Bonchev–Trinajstić information content (AvgIpc) is 3.33. The molecule has 0 unspecified atom stereocenters. The van der Waals surface area contributed by atoms with Gasteiger partial charge in [0.2, 0.25) is 0 Å². The minimum absolute atomic E-state index is 0.0414. The highest BCUT2D eigenvalue weighted by Gasteiger charge is 2.29. The van der Waals surface area contributed by atoms with Crippen LogP contribution in [0.25, 0.3) is 22.0 Å². The lowest BCUT2D eigenvalue weighted by atomic mass is 9.98. The number of nitrogens with zero attached hydrogens (tertiary/aromatic N) is 1. The van der Waals surface area contributed by atoms with Gasteiger partial charge in [0.1, 0.15) is 6.61 Å². The first-order valence-corrected chi connectivity index (χ1v) is 9.44. The number of aromatic carboxylic acids is 1. The molecule has 0 aliphatic heterocycles. The molecule has 30 heavy (non-hydrogen) atoms. The molecular formula is C23H17N3O4. The van der Waals surface area contributed by atoms with Crippen molar-refractivity contribution in [1.29, 1.82) is 0 Å². The lowest BCUT2D eigenvalue weighted by molar-refractivity contribution is 0.0698. The lowest BCUT2D eigenvalue weighted by Gasteiger charge is -2.15. The third-order valence-corrected chi connectivity index (χ3v) is 5.39. The summed E-state index contributed by atoms with van der Waals surface area (Å²) in [5.41, 5.74) is 5.19. The summed E-state index contributed by atoms with van der Waals surface area (Å²) >= 11 is 0. The number of amides is 1. The maximum absolute atomic E-state index is 12.5. The van der Waals surface area contributed by atoms with Crippen LogP contribution in [-0.4, -0.2) is 34.0 Å². The quantitative estimate of drug-likeness (QED) is 0.464. The van der Waals surface area contributed by atoms with Gasteiger partial charge in [-0.15, -0.1) is 0 Å². The Bertz CT molecular complexity index is 1250. The van der Waals surface area contributed by atoms with E-state index in [4.69, 9.17) is 4.74 Å². The van der Waals surface area contributed by atoms with Gasteiger partial charge in [0, 0.05) is 11.3 Å². The molecule has 1 aliphatic rings. The largest absolute Gasteiger partial charge is 0.478 e. The van der Waals surface area contributed by atoms with E-state index in [9.17, 15) is 14.7 Å². The number of carboxylic acids is 1. The topological polar surface area (TPSA) is 104 Å². The summed E-state index contributed by atoms with van der Waals surface area (Å²) in [4.78, 5) is 24.1. The summed E-state index contributed by atoms with van der Waals surface area (Å²) in [5.74, 6) is -1.22. The summed E-state index contributed by atoms with van der Waals surface area (Å²) in [5, 5.41) is 19.3. The fourth-order valence-electron chi connectivity index (χ4n) is 4.02. The molecular weight excluding hydrogens is 382 g/mol. The van der Waals surface area contributed by atoms with Crippen molar-refractivity contribution in [1.82, 2.24) is 10.2 Å². The van der Waals surface area contributed by atoms with E-state index in [0.717, 1.165) is 22.3 Å². The first-order valence-electron chi connectivity index (χ1n) is 9.44. The van der Waals surface area contributed by atoms with Gasteiger partial charge in [-0.1, -0.05) is 48.5 Å². The standard InChI is InChI=1S/C23H17N3O4/c27-22(28)18-10-20-13(11-24-26-20)9-21(18)25-23(29)30-12-19-16-7-3-1-5-14(16)15-6-2-4-8-17(15)19/h1-11,19H,12H2,(H,24,26)(H,25,29)(H,27,28). The number of carbonyl (C=O) groups excluding carboxylic acids is 1. The number of rotatable bonds is 4. The number of hydrogen-bond acceptors (Lipinski definition) is 4. The molecule has 1 aliphatic carbocycles. The zero-order chi connectivity index (χ0) is 20.7. The second-order valence-corrected chi connectivity index (χ2v) is 7.11. The molecule has 3 N–H and O–H groups in total. The van der Waals surface area contributed by atoms with Gasteiger partial charge in [0.15, 0.2) is 0 Å². The van der Waals surface area contributed by atoms with E-state index in [0.29, 0.717) is 10.9 Å². The van der Waals surface area contributed by atoms with Crippen LogP contribution in [0.15, 0.2) is 66.9 Å². The van der Waals surface area contributed by atoms with Crippen LogP contribution in [0.4, 0.5) is 10.5 Å². The van der Waals surface area contributed by atoms with Crippen LogP contribution in [0, 0.1) is 0 Å². The molecule has 3 aromatic carbocycles. The number of nitrogens with one attached hydrogen (secondary N) is 2. The summed E-state index contributed by atoms with van der Waals surface area (Å²) in [6.07, 6.45) is 0.853. The van der Waals surface area contributed by atoms with Crippen molar-refractivity contribution in [2.45, 2.75) is 5.92 Å². The Kier molecular flexibility index (Phi) is 4.21. The molecule has 7 nitrogen and oxygen atoms in total. The van der Waals surface area contributed by atoms with Crippen LogP contribution < -0.4 is 5.32 Å². The highest BCUT2D eigenvalue weighted by atomic mass is 16.5. The van der Waals surface area contributed by atoms with Crippen LogP contribution in [-0.2, 0) is 4.74 Å². The molecule has 0 fully saturated rings. The molecule has 1 amide bonds. The number of ether oxygens (including phenoxy) is 1. The summed E-state index contributed by atoms with van der Waals surface area (Å²) in [6, 6.07) is 19.1.